The van der Waals surface area contributed by atoms with Crippen molar-refractivity contribution in [3.8, 4) is 0 Å². The first-order valence-electron chi connectivity index (χ1n) is 10.3. The van der Waals surface area contributed by atoms with Crippen LogP contribution in [0.15, 0.2) is 0 Å². The van der Waals surface area contributed by atoms with Crippen molar-refractivity contribution in [1.82, 2.24) is 5.06 Å². The SMILES string of the molecule is CC(C)(I)C(=O)OC1CC2CC1CC2C(=O)OC1CC(C)(C)N(O)C(C)(C)C1. The molecular formula is C21H34INO5. The molecule has 1 heterocycles. The van der Waals surface area contributed by atoms with Crippen LogP contribution >= 0.6 is 22.6 Å². The quantitative estimate of drug-likeness (QED) is 0.351. The molecule has 6 nitrogen and oxygen atoms in total. The van der Waals surface area contributed by atoms with Gasteiger partial charge < -0.3 is 14.7 Å². The molecule has 0 amide bonds. The Morgan fingerprint density at radius 3 is 2.04 bits per heavy atom. The van der Waals surface area contributed by atoms with Crippen molar-refractivity contribution >= 4 is 34.5 Å². The second-order valence-electron chi connectivity index (χ2n) is 10.7. The largest absolute Gasteiger partial charge is 0.462 e. The van der Waals surface area contributed by atoms with Crippen LogP contribution in [0.25, 0.3) is 0 Å². The maximum atomic E-state index is 12.9. The lowest BCUT2D eigenvalue weighted by atomic mass is 9.80. The van der Waals surface area contributed by atoms with E-state index in [-0.39, 0.29) is 41.9 Å². The Bertz CT molecular complexity index is 623. The predicted octanol–water partition coefficient (Wildman–Crippen LogP) is 4.11. The number of rotatable bonds is 4. The fourth-order valence-corrected chi connectivity index (χ4v) is 5.57. The molecule has 4 atom stereocenters. The first kappa shape index (κ1) is 22.3. The molecule has 28 heavy (non-hydrogen) atoms. The number of alkyl halides is 1. The van der Waals surface area contributed by atoms with Gasteiger partial charge in [-0.3, -0.25) is 9.59 Å². The summed E-state index contributed by atoms with van der Waals surface area (Å²) in [5.74, 6) is 0.120. The van der Waals surface area contributed by atoms with Gasteiger partial charge >= 0.3 is 11.9 Å². The highest BCUT2D eigenvalue weighted by molar-refractivity contribution is 14.1. The number of hydrogen-bond acceptors (Lipinski definition) is 6. The number of carbonyl (C=O) groups is 2. The molecule has 1 N–H and O–H groups in total. The van der Waals surface area contributed by atoms with Crippen molar-refractivity contribution in [3.05, 3.63) is 0 Å². The van der Waals surface area contributed by atoms with E-state index in [1.807, 2.05) is 41.5 Å². The smallest absolute Gasteiger partial charge is 0.321 e. The lowest BCUT2D eigenvalue weighted by Gasteiger charge is -2.51. The summed E-state index contributed by atoms with van der Waals surface area (Å²) in [4.78, 5) is 25.1. The van der Waals surface area contributed by atoms with Crippen LogP contribution in [-0.2, 0) is 19.1 Å². The normalized spacial score (nSPS) is 35.0. The van der Waals surface area contributed by atoms with Gasteiger partial charge in [-0.1, -0.05) is 22.6 Å². The molecule has 0 aromatic rings. The minimum Gasteiger partial charge on any atom is -0.462 e. The van der Waals surface area contributed by atoms with Gasteiger partial charge in [0.05, 0.1) is 5.92 Å². The topological polar surface area (TPSA) is 76.1 Å². The Hall–Kier alpha value is -0.410. The Morgan fingerprint density at radius 2 is 1.57 bits per heavy atom. The molecule has 4 unspecified atom stereocenters. The van der Waals surface area contributed by atoms with Gasteiger partial charge in [0.2, 0.25) is 0 Å². The van der Waals surface area contributed by atoms with Gasteiger partial charge in [-0.2, -0.15) is 5.06 Å². The summed E-state index contributed by atoms with van der Waals surface area (Å²) in [5, 5.41) is 11.8. The lowest BCUT2D eigenvalue weighted by Crippen LogP contribution is -2.60. The summed E-state index contributed by atoms with van der Waals surface area (Å²) >= 11 is 2.10. The van der Waals surface area contributed by atoms with E-state index in [4.69, 9.17) is 9.47 Å². The van der Waals surface area contributed by atoms with Crippen molar-refractivity contribution < 1.29 is 24.3 Å². The van der Waals surface area contributed by atoms with Crippen LogP contribution in [0.3, 0.4) is 0 Å². The maximum Gasteiger partial charge on any atom is 0.321 e. The molecular weight excluding hydrogens is 473 g/mol. The van der Waals surface area contributed by atoms with Crippen LogP contribution in [-0.4, -0.2) is 48.9 Å². The highest BCUT2D eigenvalue weighted by atomic mass is 127. The van der Waals surface area contributed by atoms with Gasteiger partial charge in [0.15, 0.2) is 0 Å². The minimum atomic E-state index is -0.529. The van der Waals surface area contributed by atoms with Gasteiger partial charge in [-0.25, -0.2) is 0 Å². The third-order valence-electron chi connectivity index (χ3n) is 6.72. The number of piperidine rings is 1. The minimum absolute atomic E-state index is 0.0638. The molecule has 2 saturated carbocycles. The molecule has 3 rings (SSSR count). The number of halogens is 1. The standard InChI is InChI=1S/C21H34INO5/c1-19(2)10-14(11-20(3,4)23(19)26)27-17(24)15-8-13-7-12(15)9-16(13)28-18(25)21(5,6)22/h12-16,26H,7-11H2,1-6H3. The summed E-state index contributed by atoms with van der Waals surface area (Å²) in [7, 11) is 0. The van der Waals surface area contributed by atoms with Crippen LogP contribution in [0.1, 0.15) is 73.6 Å². The number of nitrogens with zero attached hydrogens (tertiary/aromatic N) is 1. The molecule has 0 spiro atoms. The van der Waals surface area contributed by atoms with Crippen molar-refractivity contribution in [2.75, 3.05) is 0 Å². The highest BCUT2D eigenvalue weighted by Crippen LogP contribution is 2.51. The number of ether oxygens (including phenoxy) is 2. The van der Waals surface area contributed by atoms with Gasteiger partial charge in [0.25, 0.3) is 0 Å². The number of fused-ring (bicyclic) bond motifs is 2. The highest BCUT2D eigenvalue weighted by Gasteiger charge is 2.52. The van der Waals surface area contributed by atoms with E-state index in [0.29, 0.717) is 12.8 Å². The molecule has 3 fully saturated rings. The number of hydroxylamine groups is 2. The Morgan fingerprint density at radius 1 is 1.00 bits per heavy atom. The second kappa shape index (κ2) is 7.38. The molecule has 0 radical (unpaired) electrons. The summed E-state index contributed by atoms with van der Waals surface area (Å²) in [6.45, 7) is 11.6. The fourth-order valence-electron chi connectivity index (χ4n) is 5.45. The van der Waals surface area contributed by atoms with Gasteiger partial charge in [0.1, 0.15) is 15.6 Å². The van der Waals surface area contributed by atoms with Crippen molar-refractivity contribution in [3.63, 3.8) is 0 Å². The second-order valence-corrected chi connectivity index (χ2v) is 13.4. The van der Waals surface area contributed by atoms with Crippen LogP contribution < -0.4 is 0 Å². The van der Waals surface area contributed by atoms with Gasteiger partial charge in [-0.15, -0.1) is 0 Å². The summed E-state index contributed by atoms with van der Waals surface area (Å²) in [5.41, 5.74) is -0.875. The molecule has 160 valence electrons. The van der Waals surface area contributed by atoms with E-state index < -0.39 is 14.5 Å². The third-order valence-corrected chi connectivity index (χ3v) is 7.16. The zero-order valence-corrected chi connectivity index (χ0v) is 20.0. The molecule has 1 saturated heterocycles. The monoisotopic (exact) mass is 507 g/mol. The average Bonchev–Trinajstić information content (AvgIpc) is 3.11. The Kier molecular flexibility index (Phi) is 5.87. The Labute approximate surface area is 181 Å². The maximum absolute atomic E-state index is 12.9. The number of hydrogen-bond donors (Lipinski definition) is 1. The summed E-state index contributed by atoms with van der Waals surface area (Å²) < 4.78 is 11.1. The van der Waals surface area contributed by atoms with E-state index in [9.17, 15) is 14.8 Å². The molecule has 1 aliphatic heterocycles. The van der Waals surface area contributed by atoms with E-state index in [2.05, 4.69) is 22.6 Å². The Balaban J connectivity index is 1.56. The fraction of sp³-hybridized carbons (Fsp3) is 0.905. The lowest BCUT2D eigenvalue weighted by molar-refractivity contribution is -0.260. The van der Waals surface area contributed by atoms with Crippen LogP contribution in [0.5, 0.6) is 0 Å². The third kappa shape index (κ3) is 4.36. The first-order chi connectivity index (χ1) is 12.7. The number of carbonyl (C=O) groups excluding carboxylic acids is 2. The van der Waals surface area contributed by atoms with E-state index in [1.165, 1.54) is 5.06 Å². The predicted molar refractivity (Wildman–Crippen MR) is 113 cm³/mol. The summed E-state index contributed by atoms with van der Waals surface area (Å²) in [6.07, 6.45) is 3.42. The summed E-state index contributed by atoms with van der Waals surface area (Å²) in [6, 6.07) is 0. The van der Waals surface area contributed by atoms with E-state index in [1.54, 1.807) is 0 Å². The number of esters is 2. The molecule has 0 aromatic carbocycles. The van der Waals surface area contributed by atoms with Crippen molar-refractivity contribution in [2.24, 2.45) is 17.8 Å². The molecule has 0 aromatic heterocycles. The van der Waals surface area contributed by atoms with Gasteiger partial charge in [-0.05, 0) is 72.6 Å². The molecule has 7 heteroatoms. The van der Waals surface area contributed by atoms with Gasteiger partial charge in [0, 0.05) is 23.9 Å². The van der Waals surface area contributed by atoms with Crippen LogP contribution in [0.4, 0.5) is 0 Å². The zero-order valence-electron chi connectivity index (χ0n) is 17.8. The molecule has 3 aliphatic rings. The van der Waals surface area contributed by atoms with Crippen LogP contribution in [0.2, 0.25) is 0 Å². The van der Waals surface area contributed by atoms with Crippen molar-refractivity contribution in [1.29, 1.82) is 0 Å². The zero-order chi connectivity index (χ0) is 21.1. The molecule has 2 aliphatic carbocycles. The van der Waals surface area contributed by atoms with E-state index in [0.717, 1.165) is 19.3 Å². The average molecular weight is 507 g/mol. The van der Waals surface area contributed by atoms with Crippen LogP contribution in [0, 0.1) is 17.8 Å². The van der Waals surface area contributed by atoms with E-state index >= 15 is 0 Å². The first-order valence-corrected chi connectivity index (χ1v) is 11.4. The molecule has 2 bridgehead atoms. The van der Waals surface area contributed by atoms with Crippen molar-refractivity contribution in [2.45, 2.75) is 100 Å².